The number of aryl methyl sites for hydroxylation is 1. The normalized spacial score (nSPS) is 13.2. The second kappa shape index (κ2) is 5.33. The molecule has 4 aromatic rings. The maximum Gasteiger partial charge on any atom is 0.145 e. The monoisotopic (exact) mass is 344 g/mol. The van der Waals surface area contributed by atoms with Crippen molar-refractivity contribution < 1.29 is 0 Å². The molecule has 0 aliphatic heterocycles. The summed E-state index contributed by atoms with van der Waals surface area (Å²) in [5.41, 5.74) is 6.60. The summed E-state index contributed by atoms with van der Waals surface area (Å²) in [6.07, 6.45) is 3.99. The van der Waals surface area contributed by atoms with Crippen LogP contribution in [0.4, 0.5) is 0 Å². The van der Waals surface area contributed by atoms with Crippen molar-refractivity contribution in [1.82, 2.24) is 9.38 Å². The van der Waals surface area contributed by atoms with E-state index in [0.717, 1.165) is 5.65 Å². The first-order chi connectivity index (χ1) is 12.1. The van der Waals surface area contributed by atoms with Crippen LogP contribution in [0, 0.1) is 6.92 Å². The Morgan fingerprint density at radius 3 is 2.08 bits per heavy atom. The van der Waals surface area contributed by atoms with Crippen molar-refractivity contribution in [3.05, 3.63) is 59.4 Å². The molecule has 0 spiro atoms. The number of aromatic nitrogens is 2. The van der Waals surface area contributed by atoms with Gasteiger partial charge in [0.1, 0.15) is 5.65 Å². The first kappa shape index (κ1) is 17.1. The molecule has 4 rings (SSSR count). The molecule has 0 fully saturated rings. The molecule has 2 aromatic carbocycles. The summed E-state index contributed by atoms with van der Waals surface area (Å²) in [7, 11) is 0. The van der Waals surface area contributed by atoms with Crippen LogP contribution in [0.2, 0.25) is 0 Å². The van der Waals surface area contributed by atoms with Crippen LogP contribution in [0.25, 0.3) is 27.3 Å². The molecule has 0 amide bonds. The van der Waals surface area contributed by atoms with Gasteiger partial charge in [-0.2, -0.15) is 0 Å². The highest BCUT2D eigenvalue weighted by Gasteiger charge is 2.20. The molecule has 0 saturated carbocycles. The molecule has 134 valence electrons. The first-order valence-corrected chi connectivity index (χ1v) is 9.41. The largest absolute Gasteiger partial charge is 0.299 e. The maximum atomic E-state index is 4.66. The number of benzene rings is 2. The molecule has 0 aliphatic rings. The van der Waals surface area contributed by atoms with E-state index >= 15 is 0 Å². The number of hydrogen-bond acceptors (Lipinski definition) is 1. The van der Waals surface area contributed by atoms with Crippen molar-refractivity contribution in [2.75, 3.05) is 0 Å². The Bertz CT molecular complexity index is 1150. The van der Waals surface area contributed by atoms with Crippen molar-refractivity contribution in [2.45, 2.75) is 59.3 Å². The van der Waals surface area contributed by atoms with Crippen LogP contribution in [-0.2, 0) is 10.8 Å². The summed E-state index contributed by atoms with van der Waals surface area (Å²) >= 11 is 0. The van der Waals surface area contributed by atoms with Gasteiger partial charge >= 0.3 is 0 Å². The Morgan fingerprint density at radius 1 is 0.769 bits per heavy atom. The average Bonchev–Trinajstić information content (AvgIpc) is 3.01. The lowest BCUT2D eigenvalue weighted by Crippen LogP contribution is -2.12. The Hall–Kier alpha value is -2.35. The van der Waals surface area contributed by atoms with E-state index in [1.54, 1.807) is 0 Å². The molecule has 0 bridgehead atoms. The zero-order valence-electron chi connectivity index (χ0n) is 16.9. The van der Waals surface area contributed by atoms with E-state index < -0.39 is 0 Å². The van der Waals surface area contributed by atoms with Gasteiger partial charge in [-0.25, -0.2) is 4.98 Å². The second-order valence-electron chi connectivity index (χ2n) is 9.57. The highest BCUT2D eigenvalue weighted by atomic mass is 15.0. The SMILES string of the molecule is Cc1cc(C(C)(C)C)cc2c3cc(C(C)(C)C)ccc3c3nccn3c12. The molecule has 0 unspecified atom stereocenters. The fraction of sp³-hybridized carbons (Fsp3) is 0.375. The zero-order chi connectivity index (χ0) is 18.9. The second-order valence-corrected chi connectivity index (χ2v) is 9.57. The number of pyridine rings is 1. The number of rotatable bonds is 0. The fourth-order valence-electron chi connectivity index (χ4n) is 3.85. The molecule has 0 N–H and O–H groups in total. The van der Waals surface area contributed by atoms with E-state index in [1.165, 1.54) is 38.4 Å². The van der Waals surface area contributed by atoms with Gasteiger partial charge in [0.05, 0.1) is 5.52 Å². The third-order valence-corrected chi connectivity index (χ3v) is 5.46. The standard InChI is InChI=1S/C24H28N2/c1-15-12-17(24(5,6)7)14-20-19-13-16(23(2,3)4)8-9-18(19)22-25-10-11-26(22)21(15)20/h8-14H,1-7H3. The lowest BCUT2D eigenvalue weighted by atomic mass is 9.83. The van der Waals surface area contributed by atoms with Crippen LogP contribution >= 0.6 is 0 Å². The summed E-state index contributed by atoms with van der Waals surface area (Å²) < 4.78 is 2.25. The summed E-state index contributed by atoms with van der Waals surface area (Å²) in [6, 6.07) is 11.6. The first-order valence-electron chi connectivity index (χ1n) is 9.41. The molecule has 0 aliphatic carbocycles. The van der Waals surface area contributed by atoms with E-state index in [4.69, 9.17) is 0 Å². The average molecular weight is 345 g/mol. The van der Waals surface area contributed by atoms with Crippen LogP contribution in [-0.4, -0.2) is 9.38 Å². The van der Waals surface area contributed by atoms with Crippen molar-refractivity contribution in [2.24, 2.45) is 0 Å². The van der Waals surface area contributed by atoms with Crippen molar-refractivity contribution in [1.29, 1.82) is 0 Å². The van der Waals surface area contributed by atoms with Gasteiger partial charge < -0.3 is 0 Å². The molecule has 0 radical (unpaired) electrons. The zero-order valence-corrected chi connectivity index (χ0v) is 16.9. The predicted molar refractivity (Wildman–Crippen MR) is 112 cm³/mol. The molecular weight excluding hydrogens is 316 g/mol. The minimum Gasteiger partial charge on any atom is -0.299 e. The lowest BCUT2D eigenvalue weighted by Gasteiger charge is -2.23. The van der Waals surface area contributed by atoms with E-state index in [1.807, 2.05) is 6.20 Å². The minimum atomic E-state index is 0.122. The summed E-state index contributed by atoms with van der Waals surface area (Å²) in [4.78, 5) is 4.66. The molecule has 0 saturated heterocycles. The third kappa shape index (κ3) is 2.51. The van der Waals surface area contributed by atoms with E-state index in [9.17, 15) is 0 Å². The molecular formula is C24H28N2. The van der Waals surface area contributed by atoms with Crippen LogP contribution in [0.15, 0.2) is 42.7 Å². The highest BCUT2D eigenvalue weighted by Crippen LogP contribution is 2.36. The van der Waals surface area contributed by atoms with E-state index in [2.05, 4.69) is 94.4 Å². The van der Waals surface area contributed by atoms with Gasteiger partial charge in [-0.05, 0) is 52.0 Å². The van der Waals surface area contributed by atoms with Crippen LogP contribution in [0.5, 0.6) is 0 Å². The van der Waals surface area contributed by atoms with Crippen LogP contribution in [0.3, 0.4) is 0 Å². The Kier molecular flexibility index (Phi) is 3.50. The van der Waals surface area contributed by atoms with Gasteiger partial charge in [0.15, 0.2) is 0 Å². The topological polar surface area (TPSA) is 17.3 Å². The van der Waals surface area contributed by atoms with Gasteiger partial charge in [-0.15, -0.1) is 0 Å². The van der Waals surface area contributed by atoms with Gasteiger partial charge in [0.2, 0.25) is 0 Å². The lowest BCUT2D eigenvalue weighted by molar-refractivity contribution is 0.590. The molecule has 2 heterocycles. The summed E-state index contributed by atoms with van der Waals surface area (Å²) in [6.45, 7) is 15.9. The predicted octanol–water partition coefficient (Wildman–Crippen LogP) is 6.54. The molecule has 2 nitrogen and oxygen atoms in total. The van der Waals surface area contributed by atoms with Gasteiger partial charge in [-0.3, -0.25) is 4.40 Å². The molecule has 0 atom stereocenters. The van der Waals surface area contributed by atoms with E-state index in [-0.39, 0.29) is 10.8 Å². The number of hydrogen-bond donors (Lipinski definition) is 0. The highest BCUT2D eigenvalue weighted by molar-refractivity contribution is 6.12. The molecule has 2 aromatic heterocycles. The Balaban J connectivity index is 2.26. The Labute approximate surface area is 155 Å². The van der Waals surface area contributed by atoms with Crippen LogP contribution in [0.1, 0.15) is 58.2 Å². The summed E-state index contributed by atoms with van der Waals surface area (Å²) in [5, 5.41) is 3.85. The van der Waals surface area contributed by atoms with Crippen molar-refractivity contribution in [3.8, 4) is 0 Å². The Morgan fingerprint density at radius 2 is 1.42 bits per heavy atom. The maximum absolute atomic E-state index is 4.66. The van der Waals surface area contributed by atoms with Gasteiger partial charge in [-0.1, -0.05) is 59.7 Å². The van der Waals surface area contributed by atoms with Crippen LogP contribution < -0.4 is 0 Å². The molecule has 26 heavy (non-hydrogen) atoms. The third-order valence-electron chi connectivity index (χ3n) is 5.46. The number of imidazole rings is 1. The summed E-state index contributed by atoms with van der Waals surface area (Å²) in [5.74, 6) is 0. The number of nitrogens with zero attached hydrogens (tertiary/aromatic N) is 2. The van der Waals surface area contributed by atoms with Crippen molar-refractivity contribution in [3.63, 3.8) is 0 Å². The molecule has 2 heteroatoms. The van der Waals surface area contributed by atoms with Crippen molar-refractivity contribution >= 4 is 27.3 Å². The van der Waals surface area contributed by atoms with Gasteiger partial charge in [0.25, 0.3) is 0 Å². The smallest absolute Gasteiger partial charge is 0.145 e. The van der Waals surface area contributed by atoms with E-state index in [0.29, 0.717) is 0 Å². The van der Waals surface area contributed by atoms with Gasteiger partial charge in [0, 0.05) is 23.2 Å². The minimum absolute atomic E-state index is 0.122. The fourth-order valence-corrected chi connectivity index (χ4v) is 3.85. The quantitative estimate of drug-likeness (QED) is 0.331. The number of fused-ring (bicyclic) bond motifs is 6.